The lowest BCUT2D eigenvalue weighted by molar-refractivity contribution is -0.117. The average Bonchev–Trinajstić information content (AvgIpc) is 2.15. The molecule has 0 bridgehead atoms. The highest BCUT2D eigenvalue weighted by atomic mass is 16.1. The van der Waals surface area contributed by atoms with Gasteiger partial charge < -0.3 is 9.69 Å². The molecule has 0 aromatic rings. The largest absolute Gasteiger partial charge is 0.301 e. The number of carbonyl (C=O) groups excluding carboxylic acids is 1. The van der Waals surface area contributed by atoms with Crippen molar-refractivity contribution in [2.24, 2.45) is 0 Å². The van der Waals surface area contributed by atoms with E-state index in [2.05, 4.69) is 11.8 Å². The van der Waals surface area contributed by atoms with E-state index in [1.165, 1.54) is 38.8 Å². The first-order chi connectivity index (χ1) is 6.70. The second kappa shape index (κ2) is 6.18. The van der Waals surface area contributed by atoms with Gasteiger partial charge in [-0.05, 0) is 52.6 Å². The van der Waals surface area contributed by atoms with Crippen LogP contribution >= 0.6 is 0 Å². The Morgan fingerprint density at radius 3 is 2.79 bits per heavy atom. The third-order valence-electron chi connectivity index (χ3n) is 3.16. The summed E-state index contributed by atoms with van der Waals surface area (Å²) in [5, 5.41) is 0. The van der Waals surface area contributed by atoms with Gasteiger partial charge in [0.2, 0.25) is 0 Å². The van der Waals surface area contributed by atoms with Gasteiger partial charge >= 0.3 is 0 Å². The predicted octanol–water partition coefficient (Wildman–Crippen LogP) is 2.62. The molecule has 82 valence electrons. The molecule has 1 saturated heterocycles. The zero-order chi connectivity index (χ0) is 10.4. The van der Waals surface area contributed by atoms with Crippen LogP contribution in [0.1, 0.15) is 52.4 Å². The summed E-state index contributed by atoms with van der Waals surface area (Å²) in [6.45, 7) is 6.46. The summed E-state index contributed by atoms with van der Waals surface area (Å²) in [5.74, 6) is 0.330. The number of likely N-dealkylation sites (tertiary alicyclic amines) is 1. The van der Waals surface area contributed by atoms with E-state index >= 15 is 0 Å². The lowest BCUT2D eigenvalue weighted by Gasteiger charge is -2.33. The lowest BCUT2D eigenvalue weighted by Crippen LogP contribution is -2.37. The monoisotopic (exact) mass is 197 g/mol. The number of hydrogen-bond acceptors (Lipinski definition) is 2. The van der Waals surface area contributed by atoms with E-state index in [-0.39, 0.29) is 0 Å². The summed E-state index contributed by atoms with van der Waals surface area (Å²) in [5.41, 5.74) is 0. The van der Waals surface area contributed by atoms with E-state index in [1.54, 1.807) is 6.92 Å². The fraction of sp³-hybridized carbons (Fsp3) is 0.917. The van der Waals surface area contributed by atoms with E-state index in [0.717, 1.165) is 18.9 Å². The minimum Gasteiger partial charge on any atom is -0.301 e. The second-order valence-electron chi connectivity index (χ2n) is 4.54. The number of rotatable bonds is 5. The maximum Gasteiger partial charge on any atom is 0.129 e. The average molecular weight is 197 g/mol. The summed E-state index contributed by atoms with van der Waals surface area (Å²) in [6, 6.07) is 0.765. The van der Waals surface area contributed by atoms with E-state index in [9.17, 15) is 4.79 Å². The summed E-state index contributed by atoms with van der Waals surface area (Å²) < 4.78 is 0. The zero-order valence-corrected chi connectivity index (χ0v) is 9.59. The van der Waals surface area contributed by atoms with Gasteiger partial charge in [0.05, 0.1) is 0 Å². The van der Waals surface area contributed by atoms with Crippen LogP contribution in [0.25, 0.3) is 0 Å². The van der Waals surface area contributed by atoms with Crippen molar-refractivity contribution in [1.82, 2.24) is 4.90 Å². The summed E-state index contributed by atoms with van der Waals surface area (Å²) >= 11 is 0. The van der Waals surface area contributed by atoms with Crippen molar-refractivity contribution in [3.05, 3.63) is 0 Å². The lowest BCUT2D eigenvalue weighted by atomic mass is 10.0. The van der Waals surface area contributed by atoms with Crippen molar-refractivity contribution in [3.8, 4) is 0 Å². The number of hydrogen-bond donors (Lipinski definition) is 0. The van der Waals surface area contributed by atoms with Crippen molar-refractivity contribution >= 4 is 5.78 Å². The first-order valence-corrected chi connectivity index (χ1v) is 5.93. The zero-order valence-electron chi connectivity index (χ0n) is 9.59. The third kappa shape index (κ3) is 4.23. The Bertz CT molecular complexity index is 179. The fourth-order valence-electron chi connectivity index (χ4n) is 2.18. The van der Waals surface area contributed by atoms with Crippen molar-refractivity contribution in [1.29, 1.82) is 0 Å². The van der Waals surface area contributed by atoms with Gasteiger partial charge in [-0.25, -0.2) is 0 Å². The maximum absolute atomic E-state index is 10.7. The molecule has 2 nitrogen and oxygen atoms in total. The Hall–Kier alpha value is -0.370. The third-order valence-corrected chi connectivity index (χ3v) is 3.16. The first-order valence-electron chi connectivity index (χ1n) is 5.93. The standard InChI is InChI=1S/C12H23NO/c1-11-7-3-5-9-13(11)10-6-4-8-12(2)14/h11H,3-10H2,1-2H3. The SMILES string of the molecule is CC(=O)CCCCN1CCCCC1C. The van der Waals surface area contributed by atoms with Crippen LogP contribution in [0.3, 0.4) is 0 Å². The van der Waals surface area contributed by atoms with Crippen LogP contribution in [0, 0.1) is 0 Å². The molecule has 2 heteroatoms. The molecule has 0 N–H and O–H groups in total. The molecule has 0 aromatic carbocycles. The minimum atomic E-state index is 0.330. The molecule has 1 atom stereocenters. The van der Waals surface area contributed by atoms with Gasteiger partial charge in [-0.3, -0.25) is 0 Å². The smallest absolute Gasteiger partial charge is 0.129 e. The highest BCUT2D eigenvalue weighted by Crippen LogP contribution is 2.16. The molecule has 0 amide bonds. The van der Waals surface area contributed by atoms with Gasteiger partial charge in [-0.1, -0.05) is 6.42 Å². The molecule has 0 saturated carbocycles. The molecular weight excluding hydrogens is 174 g/mol. The van der Waals surface area contributed by atoms with Gasteiger partial charge in [0.15, 0.2) is 0 Å². The molecule has 0 radical (unpaired) electrons. The van der Waals surface area contributed by atoms with E-state index in [1.807, 2.05) is 0 Å². The van der Waals surface area contributed by atoms with Crippen LogP contribution in [0.5, 0.6) is 0 Å². The minimum absolute atomic E-state index is 0.330. The fourth-order valence-corrected chi connectivity index (χ4v) is 2.18. The van der Waals surface area contributed by atoms with Gasteiger partial charge in [-0.2, -0.15) is 0 Å². The summed E-state index contributed by atoms with van der Waals surface area (Å²) in [7, 11) is 0. The maximum atomic E-state index is 10.7. The van der Waals surface area contributed by atoms with Crippen molar-refractivity contribution < 1.29 is 4.79 Å². The number of nitrogens with zero attached hydrogens (tertiary/aromatic N) is 1. The van der Waals surface area contributed by atoms with Crippen molar-refractivity contribution in [2.45, 2.75) is 58.4 Å². The van der Waals surface area contributed by atoms with Crippen molar-refractivity contribution in [3.63, 3.8) is 0 Å². The summed E-state index contributed by atoms with van der Waals surface area (Å²) in [4.78, 5) is 13.3. The van der Waals surface area contributed by atoms with Crippen molar-refractivity contribution in [2.75, 3.05) is 13.1 Å². The normalized spacial score (nSPS) is 23.7. The van der Waals surface area contributed by atoms with Crippen LogP contribution in [-0.4, -0.2) is 29.8 Å². The Labute approximate surface area is 87.7 Å². The number of carbonyl (C=O) groups is 1. The van der Waals surface area contributed by atoms with Gasteiger partial charge in [0.1, 0.15) is 5.78 Å². The highest BCUT2D eigenvalue weighted by Gasteiger charge is 2.16. The van der Waals surface area contributed by atoms with Crippen LogP contribution in [-0.2, 0) is 4.79 Å². The van der Waals surface area contributed by atoms with Crippen LogP contribution < -0.4 is 0 Å². The molecule has 14 heavy (non-hydrogen) atoms. The molecular formula is C12H23NO. The predicted molar refractivity (Wildman–Crippen MR) is 59.4 cm³/mol. The Morgan fingerprint density at radius 2 is 2.14 bits per heavy atom. The molecule has 0 aliphatic carbocycles. The van der Waals surface area contributed by atoms with E-state index < -0.39 is 0 Å². The topological polar surface area (TPSA) is 20.3 Å². The molecule has 1 fully saturated rings. The van der Waals surface area contributed by atoms with Crippen LogP contribution in [0.4, 0.5) is 0 Å². The number of ketones is 1. The van der Waals surface area contributed by atoms with Crippen LogP contribution in [0.15, 0.2) is 0 Å². The van der Waals surface area contributed by atoms with Gasteiger partial charge in [0, 0.05) is 12.5 Å². The number of unbranched alkanes of at least 4 members (excludes halogenated alkanes) is 1. The van der Waals surface area contributed by atoms with Crippen LogP contribution in [0.2, 0.25) is 0 Å². The molecule has 1 aliphatic rings. The molecule has 1 unspecified atom stereocenters. The van der Waals surface area contributed by atoms with Gasteiger partial charge in [-0.15, -0.1) is 0 Å². The quantitative estimate of drug-likeness (QED) is 0.631. The molecule has 1 heterocycles. The number of Topliss-reactive ketones (excluding diaryl/α,β-unsaturated/α-hetero) is 1. The first kappa shape index (κ1) is 11.7. The van der Waals surface area contributed by atoms with E-state index in [0.29, 0.717) is 5.78 Å². The highest BCUT2D eigenvalue weighted by molar-refractivity contribution is 5.75. The Morgan fingerprint density at radius 1 is 1.36 bits per heavy atom. The summed E-state index contributed by atoms with van der Waals surface area (Å²) in [6.07, 6.45) is 7.12. The number of piperidine rings is 1. The molecule has 0 spiro atoms. The second-order valence-corrected chi connectivity index (χ2v) is 4.54. The Kier molecular flexibility index (Phi) is 5.16. The Balaban J connectivity index is 2.07. The molecule has 1 rings (SSSR count). The molecule has 0 aromatic heterocycles. The van der Waals surface area contributed by atoms with E-state index in [4.69, 9.17) is 0 Å². The van der Waals surface area contributed by atoms with Gasteiger partial charge in [0.25, 0.3) is 0 Å². The molecule has 1 aliphatic heterocycles.